The first-order valence-electron chi connectivity index (χ1n) is 8.07. The highest BCUT2D eigenvalue weighted by Gasteiger charge is 2.19. The predicted molar refractivity (Wildman–Crippen MR) is 93.1 cm³/mol. The van der Waals surface area contributed by atoms with Crippen molar-refractivity contribution in [3.63, 3.8) is 0 Å². The summed E-state index contributed by atoms with van der Waals surface area (Å²) in [4.78, 5) is 11.6. The Balaban J connectivity index is 1.69. The molecule has 2 rings (SSSR count). The zero-order chi connectivity index (χ0) is 16.2. The van der Waals surface area contributed by atoms with Gasteiger partial charge < -0.3 is 10.1 Å². The number of nitrogens with one attached hydrogen (secondary N) is 1. The molecule has 1 N–H and O–H groups in total. The van der Waals surface area contributed by atoms with Crippen molar-refractivity contribution >= 4 is 22.0 Å². The van der Waals surface area contributed by atoms with Gasteiger partial charge in [-0.15, -0.1) is 0 Å². The fourth-order valence-corrected chi connectivity index (χ4v) is 3.35. The SMILES string of the molecule is CC(C)(C)OC(=O)NCCCC1CCc2cc(Br)ccc2C1. The molecule has 1 aromatic carbocycles. The lowest BCUT2D eigenvalue weighted by molar-refractivity contribution is 0.0526. The zero-order valence-electron chi connectivity index (χ0n) is 13.7. The largest absolute Gasteiger partial charge is 0.444 e. The molecule has 0 spiro atoms. The summed E-state index contributed by atoms with van der Waals surface area (Å²) in [7, 11) is 0. The van der Waals surface area contributed by atoms with Gasteiger partial charge in [-0.3, -0.25) is 0 Å². The maximum atomic E-state index is 11.6. The van der Waals surface area contributed by atoms with E-state index in [1.165, 1.54) is 28.4 Å². The van der Waals surface area contributed by atoms with E-state index in [1.807, 2.05) is 20.8 Å². The van der Waals surface area contributed by atoms with Gasteiger partial charge in [-0.2, -0.15) is 0 Å². The molecule has 0 aliphatic heterocycles. The van der Waals surface area contributed by atoms with Crippen molar-refractivity contribution < 1.29 is 9.53 Å². The molecule has 0 heterocycles. The second-order valence-corrected chi connectivity index (χ2v) is 8.01. The number of ether oxygens (including phenoxy) is 1. The van der Waals surface area contributed by atoms with Gasteiger partial charge in [-0.25, -0.2) is 4.79 Å². The van der Waals surface area contributed by atoms with Crippen LogP contribution in [-0.4, -0.2) is 18.2 Å². The van der Waals surface area contributed by atoms with Crippen molar-refractivity contribution in [1.82, 2.24) is 5.32 Å². The van der Waals surface area contributed by atoms with E-state index in [9.17, 15) is 4.79 Å². The van der Waals surface area contributed by atoms with Crippen molar-refractivity contribution in [2.24, 2.45) is 5.92 Å². The minimum Gasteiger partial charge on any atom is -0.444 e. The van der Waals surface area contributed by atoms with Crippen LogP contribution in [0.2, 0.25) is 0 Å². The lowest BCUT2D eigenvalue weighted by Gasteiger charge is -2.25. The van der Waals surface area contributed by atoms with Crippen molar-refractivity contribution in [3.8, 4) is 0 Å². The van der Waals surface area contributed by atoms with Crippen LogP contribution in [0.25, 0.3) is 0 Å². The molecular weight excluding hydrogens is 342 g/mol. The van der Waals surface area contributed by atoms with Gasteiger partial charge in [0.25, 0.3) is 0 Å². The highest BCUT2D eigenvalue weighted by atomic mass is 79.9. The minimum atomic E-state index is -0.425. The average molecular weight is 368 g/mol. The highest BCUT2D eigenvalue weighted by molar-refractivity contribution is 9.10. The van der Waals surface area contributed by atoms with E-state index in [0.717, 1.165) is 25.2 Å². The van der Waals surface area contributed by atoms with Crippen molar-refractivity contribution in [2.45, 2.75) is 58.5 Å². The third-order valence-corrected chi connectivity index (χ3v) is 4.45. The predicted octanol–water partition coefficient (Wildman–Crippen LogP) is 4.86. The Hall–Kier alpha value is -1.03. The number of carbonyl (C=O) groups excluding carboxylic acids is 1. The van der Waals surface area contributed by atoms with E-state index in [4.69, 9.17) is 4.74 Å². The number of carbonyl (C=O) groups is 1. The molecule has 1 aromatic rings. The van der Waals surface area contributed by atoms with E-state index < -0.39 is 5.60 Å². The van der Waals surface area contributed by atoms with Crippen LogP contribution in [0.4, 0.5) is 4.79 Å². The lowest BCUT2D eigenvalue weighted by atomic mass is 9.82. The molecule has 0 fully saturated rings. The molecule has 1 aliphatic rings. The smallest absolute Gasteiger partial charge is 0.407 e. The van der Waals surface area contributed by atoms with Crippen LogP contribution in [0.15, 0.2) is 22.7 Å². The summed E-state index contributed by atoms with van der Waals surface area (Å²) in [6, 6.07) is 6.62. The van der Waals surface area contributed by atoms with Crippen molar-refractivity contribution in [3.05, 3.63) is 33.8 Å². The topological polar surface area (TPSA) is 38.3 Å². The molecule has 3 nitrogen and oxygen atoms in total. The lowest BCUT2D eigenvalue weighted by Crippen LogP contribution is -2.33. The average Bonchev–Trinajstić information content (AvgIpc) is 2.41. The Morgan fingerprint density at radius 1 is 1.36 bits per heavy atom. The molecule has 22 heavy (non-hydrogen) atoms. The van der Waals surface area contributed by atoms with Crippen LogP contribution in [0.3, 0.4) is 0 Å². The Bertz CT molecular complexity index is 522. The number of halogens is 1. The number of hydrogen-bond acceptors (Lipinski definition) is 2. The highest BCUT2D eigenvalue weighted by Crippen LogP contribution is 2.30. The molecule has 122 valence electrons. The molecule has 4 heteroatoms. The van der Waals surface area contributed by atoms with Gasteiger partial charge in [0.05, 0.1) is 0 Å². The van der Waals surface area contributed by atoms with Crippen LogP contribution in [0, 0.1) is 5.92 Å². The number of hydrogen-bond donors (Lipinski definition) is 1. The third kappa shape index (κ3) is 5.64. The maximum absolute atomic E-state index is 11.6. The van der Waals surface area contributed by atoms with Crippen LogP contribution in [0.5, 0.6) is 0 Å². The van der Waals surface area contributed by atoms with Gasteiger partial charge in [0.2, 0.25) is 0 Å². The van der Waals surface area contributed by atoms with Gasteiger partial charge in [-0.05, 0) is 82.1 Å². The number of fused-ring (bicyclic) bond motifs is 1. The number of benzene rings is 1. The quantitative estimate of drug-likeness (QED) is 0.771. The van der Waals surface area contributed by atoms with Crippen molar-refractivity contribution in [2.75, 3.05) is 6.54 Å². The van der Waals surface area contributed by atoms with Crippen LogP contribution < -0.4 is 5.32 Å². The van der Waals surface area contributed by atoms with E-state index in [-0.39, 0.29) is 6.09 Å². The first-order chi connectivity index (χ1) is 10.3. The standard InChI is InChI=1S/C18H26BrNO2/c1-18(2,3)22-17(21)20-10-4-5-13-6-7-15-12-16(19)9-8-14(15)11-13/h8-9,12-13H,4-7,10-11H2,1-3H3,(H,20,21). The molecule has 1 unspecified atom stereocenters. The van der Waals surface area contributed by atoms with E-state index in [1.54, 1.807) is 0 Å². The molecular formula is C18H26BrNO2. The normalized spacial score (nSPS) is 17.7. The second kappa shape index (κ2) is 7.49. The molecule has 0 bridgehead atoms. The summed E-state index contributed by atoms with van der Waals surface area (Å²) >= 11 is 3.54. The Kier molecular flexibility index (Phi) is 5.90. The monoisotopic (exact) mass is 367 g/mol. The van der Waals surface area contributed by atoms with Gasteiger partial charge in [0.1, 0.15) is 5.60 Å². The van der Waals surface area contributed by atoms with E-state index >= 15 is 0 Å². The summed E-state index contributed by atoms with van der Waals surface area (Å²) in [5.74, 6) is 0.731. The summed E-state index contributed by atoms with van der Waals surface area (Å²) in [5, 5.41) is 2.84. The summed E-state index contributed by atoms with van der Waals surface area (Å²) in [5.41, 5.74) is 2.54. The molecule has 0 saturated carbocycles. The molecule has 0 saturated heterocycles. The van der Waals surface area contributed by atoms with E-state index in [2.05, 4.69) is 39.4 Å². The fraction of sp³-hybridized carbons (Fsp3) is 0.611. The number of alkyl carbamates (subject to hydrolysis) is 1. The minimum absolute atomic E-state index is 0.314. The summed E-state index contributed by atoms with van der Waals surface area (Å²) in [6.07, 6.45) is 5.43. The molecule has 0 radical (unpaired) electrons. The Morgan fingerprint density at radius 2 is 2.14 bits per heavy atom. The molecule has 1 amide bonds. The van der Waals surface area contributed by atoms with Crippen LogP contribution >= 0.6 is 15.9 Å². The van der Waals surface area contributed by atoms with Crippen LogP contribution in [-0.2, 0) is 17.6 Å². The second-order valence-electron chi connectivity index (χ2n) is 7.09. The van der Waals surface area contributed by atoms with Crippen LogP contribution in [0.1, 0.15) is 51.2 Å². The van der Waals surface area contributed by atoms with Gasteiger partial charge in [-0.1, -0.05) is 22.0 Å². The Morgan fingerprint density at radius 3 is 2.86 bits per heavy atom. The van der Waals surface area contributed by atoms with Gasteiger partial charge in [0.15, 0.2) is 0 Å². The zero-order valence-corrected chi connectivity index (χ0v) is 15.3. The fourth-order valence-electron chi connectivity index (χ4n) is 2.94. The van der Waals surface area contributed by atoms with Gasteiger partial charge >= 0.3 is 6.09 Å². The Labute approximate surface area is 141 Å². The van der Waals surface area contributed by atoms with Gasteiger partial charge in [0, 0.05) is 11.0 Å². The number of aryl methyl sites for hydroxylation is 1. The maximum Gasteiger partial charge on any atom is 0.407 e. The van der Waals surface area contributed by atoms with E-state index in [0.29, 0.717) is 6.54 Å². The summed E-state index contributed by atoms with van der Waals surface area (Å²) in [6.45, 7) is 6.33. The molecule has 0 aromatic heterocycles. The number of amides is 1. The first kappa shape index (κ1) is 17.3. The summed E-state index contributed by atoms with van der Waals surface area (Å²) < 4.78 is 6.41. The third-order valence-electron chi connectivity index (χ3n) is 3.96. The molecule has 1 atom stereocenters. The molecule has 1 aliphatic carbocycles. The van der Waals surface area contributed by atoms with Crippen molar-refractivity contribution in [1.29, 1.82) is 0 Å². The first-order valence-corrected chi connectivity index (χ1v) is 8.87. The number of rotatable bonds is 4.